The number of rotatable bonds is 9. The first-order chi connectivity index (χ1) is 20.9. The van der Waals surface area contributed by atoms with Crippen LogP contribution in [0.5, 0.6) is 0 Å². The number of fused-ring (bicyclic) bond motifs is 2. The molecule has 44 heavy (non-hydrogen) atoms. The molecule has 2 unspecified atom stereocenters. The first-order valence-electron chi connectivity index (χ1n) is 12.7. The minimum atomic E-state index is -4.84. The lowest BCUT2D eigenvalue weighted by molar-refractivity contribution is -0.0494. The quantitative estimate of drug-likeness (QED) is 0.0769. The van der Waals surface area contributed by atoms with E-state index in [0.717, 1.165) is 6.33 Å². The molecule has 23 heteroatoms. The van der Waals surface area contributed by atoms with E-state index in [1.807, 2.05) is 0 Å². The van der Waals surface area contributed by atoms with Crippen LogP contribution in [0.1, 0.15) is 12.5 Å². The molecule has 236 valence electrons. The van der Waals surface area contributed by atoms with Gasteiger partial charge in [-0.15, -0.1) is 0 Å². The molecule has 21 nitrogen and oxygen atoms in total. The van der Waals surface area contributed by atoms with E-state index in [2.05, 4.69) is 36.5 Å². The molecule has 6 rings (SSSR count). The minimum Gasteiger partial charge on any atom is -0.387 e. The van der Waals surface area contributed by atoms with Crippen LogP contribution in [0.3, 0.4) is 0 Å². The van der Waals surface area contributed by atoms with Crippen LogP contribution in [-0.2, 0) is 27.7 Å². The lowest BCUT2D eigenvalue weighted by atomic mass is 10.1. The van der Waals surface area contributed by atoms with E-state index in [1.165, 1.54) is 21.8 Å². The average molecular weight is 656 g/mol. The van der Waals surface area contributed by atoms with E-state index in [1.54, 1.807) is 0 Å². The highest BCUT2D eigenvalue weighted by atomic mass is 31.2. The summed E-state index contributed by atoms with van der Waals surface area (Å²) in [5.41, 5.74) is 9.42. The van der Waals surface area contributed by atoms with Gasteiger partial charge in [0.25, 0.3) is 5.56 Å². The van der Waals surface area contributed by atoms with E-state index in [4.69, 9.17) is 34.9 Å². The van der Waals surface area contributed by atoms with Crippen molar-refractivity contribution in [1.29, 1.82) is 0 Å². The maximum absolute atomic E-state index is 13.8. The Morgan fingerprint density at radius 1 is 1.05 bits per heavy atom. The van der Waals surface area contributed by atoms with Crippen LogP contribution in [0.4, 0.5) is 11.8 Å². The molecule has 9 N–H and O–H groups in total. The number of nitrogens with two attached hydrogens (primary N) is 2. The maximum Gasteiger partial charge on any atom is 0.339 e. The third-order valence-electron chi connectivity index (χ3n) is 7.22. The predicted molar refractivity (Wildman–Crippen MR) is 148 cm³/mol. The van der Waals surface area contributed by atoms with Crippen molar-refractivity contribution in [3.63, 3.8) is 0 Å². The van der Waals surface area contributed by atoms with Crippen LogP contribution in [0.2, 0.25) is 0 Å². The molecule has 9 atom stereocenters. The molecule has 0 bridgehead atoms. The number of aromatic nitrogens is 8. The summed E-state index contributed by atoms with van der Waals surface area (Å²) in [7, 11) is -8.24. The van der Waals surface area contributed by atoms with Gasteiger partial charge in [-0.2, -0.15) is 4.98 Å². The fraction of sp³-hybridized carbons (Fsp3) is 0.429. The fourth-order valence-electron chi connectivity index (χ4n) is 5.13. The number of H-pyrrole nitrogens is 1. The van der Waals surface area contributed by atoms with Crippen molar-refractivity contribution in [2.45, 2.75) is 42.5 Å². The number of imidazole rings is 2. The van der Waals surface area contributed by atoms with Gasteiger partial charge in [0.1, 0.15) is 41.9 Å². The highest BCUT2D eigenvalue weighted by molar-refractivity contribution is 7.54. The molecular formula is C21H26N10O11P2. The van der Waals surface area contributed by atoms with Crippen molar-refractivity contribution in [3.05, 3.63) is 41.5 Å². The van der Waals surface area contributed by atoms with Gasteiger partial charge in [-0.1, -0.05) is 6.58 Å². The van der Waals surface area contributed by atoms with Crippen molar-refractivity contribution in [3.8, 4) is 0 Å². The van der Waals surface area contributed by atoms with Gasteiger partial charge >= 0.3 is 15.9 Å². The molecule has 6 heterocycles. The lowest BCUT2D eigenvalue weighted by Crippen LogP contribution is -2.34. The van der Waals surface area contributed by atoms with Gasteiger partial charge in [-0.05, 0) is 5.57 Å². The smallest absolute Gasteiger partial charge is 0.339 e. The predicted octanol–water partition coefficient (Wildman–Crippen LogP) is -1.83. The normalized spacial score (nSPS) is 29.5. The van der Waals surface area contributed by atoms with Gasteiger partial charge in [0, 0.05) is 0 Å². The number of hydrogen-bond donors (Lipinski definition) is 7. The molecule has 0 radical (unpaired) electrons. The molecule has 2 fully saturated rings. The molecule has 0 aliphatic carbocycles. The Morgan fingerprint density at radius 3 is 2.48 bits per heavy atom. The molecule has 2 saturated heterocycles. The molecule has 0 spiro atoms. The summed E-state index contributed by atoms with van der Waals surface area (Å²) in [4.78, 5) is 55.1. The van der Waals surface area contributed by atoms with Crippen molar-refractivity contribution < 1.29 is 47.7 Å². The van der Waals surface area contributed by atoms with Crippen LogP contribution in [-0.4, -0.2) is 102 Å². The number of hydrogen-bond acceptors (Lipinski definition) is 16. The number of ether oxygens (including phenoxy) is 2. The zero-order valence-electron chi connectivity index (χ0n) is 22.3. The standard InChI is InChI=1S/C21H26N10O11P2/c1-7-8(2-39-43(35)36)41-20(31-6-27-11-17(31)28-21(23)29-18(11)34)14(7)44(37,38)40-3-9-12(32)13(33)19(42-9)30-5-26-10-15(22)24-4-25-16(10)30/h4-6,8-9,12-14,19-20,32-33,43H,1-3H2,(H,35,36)(H,37,38)(H2,22,24,25)(H3,23,28,29,34)/t8-,9-,12-,13-,14-,19-,20-/m1/s1. The summed E-state index contributed by atoms with van der Waals surface area (Å²) in [6.07, 6.45) is -4.63. The largest absolute Gasteiger partial charge is 0.387 e. The Balaban J connectivity index is 1.26. The molecule has 4 aromatic heterocycles. The second-order valence-corrected chi connectivity index (χ2v) is 12.6. The number of aliphatic hydroxyl groups excluding tert-OH is 2. The van der Waals surface area contributed by atoms with Crippen LogP contribution >= 0.6 is 15.9 Å². The molecule has 2 aliphatic rings. The van der Waals surface area contributed by atoms with Gasteiger partial charge in [0.15, 0.2) is 35.1 Å². The van der Waals surface area contributed by atoms with Crippen molar-refractivity contribution in [1.82, 2.24) is 39.0 Å². The Bertz CT molecular complexity index is 1880. The number of nitrogens with one attached hydrogen (secondary N) is 1. The van der Waals surface area contributed by atoms with Gasteiger partial charge in [0.2, 0.25) is 5.95 Å². The highest BCUT2D eigenvalue weighted by Gasteiger charge is 2.53. The van der Waals surface area contributed by atoms with E-state index in [-0.39, 0.29) is 39.7 Å². The second kappa shape index (κ2) is 11.4. The van der Waals surface area contributed by atoms with E-state index in [0.29, 0.717) is 0 Å². The van der Waals surface area contributed by atoms with Crippen LogP contribution < -0.4 is 17.0 Å². The number of aliphatic hydroxyl groups is 2. The van der Waals surface area contributed by atoms with Crippen LogP contribution in [0.15, 0.2) is 35.9 Å². The van der Waals surface area contributed by atoms with Gasteiger partial charge in [-0.3, -0.25) is 28.0 Å². The molecule has 0 saturated carbocycles. The third kappa shape index (κ3) is 5.22. The number of nitrogens with zero attached hydrogens (tertiary/aromatic N) is 7. The van der Waals surface area contributed by atoms with Crippen LogP contribution in [0, 0.1) is 0 Å². The van der Waals surface area contributed by atoms with Gasteiger partial charge in [-0.25, -0.2) is 19.9 Å². The minimum absolute atomic E-state index is 0.0447. The Hall–Kier alpha value is -3.62. The molecule has 0 amide bonds. The number of aromatic amines is 1. The van der Waals surface area contributed by atoms with Gasteiger partial charge in [0.05, 0.1) is 25.9 Å². The third-order valence-corrected chi connectivity index (χ3v) is 9.45. The number of anilines is 2. The summed E-state index contributed by atoms with van der Waals surface area (Å²) >= 11 is 0. The summed E-state index contributed by atoms with van der Waals surface area (Å²) in [6, 6.07) is 0. The Morgan fingerprint density at radius 2 is 1.75 bits per heavy atom. The van der Waals surface area contributed by atoms with Crippen molar-refractivity contribution in [2.24, 2.45) is 0 Å². The molecule has 2 aliphatic heterocycles. The fourth-order valence-corrected chi connectivity index (χ4v) is 7.06. The number of nitrogen functional groups attached to an aromatic ring is 2. The van der Waals surface area contributed by atoms with Crippen molar-refractivity contribution >= 4 is 49.9 Å². The second-order valence-electron chi connectivity index (χ2n) is 9.88. The first kappa shape index (κ1) is 30.4. The molecule has 4 aromatic rings. The highest BCUT2D eigenvalue weighted by Crippen LogP contribution is 2.59. The summed E-state index contributed by atoms with van der Waals surface area (Å²) in [5, 5.41) is 21.4. The van der Waals surface area contributed by atoms with Crippen LogP contribution in [0.25, 0.3) is 22.3 Å². The Kier molecular flexibility index (Phi) is 7.87. The summed E-state index contributed by atoms with van der Waals surface area (Å²) < 4.78 is 49.4. The van der Waals surface area contributed by atoms with Crippen molar-refractivity contribution in [2.75, 3.05) is 24.7 Å². The van der Waals surface area contributed by atoms with E-state index >= 15 is 0 Å². The summed E-state index contributed by atoms with van der Waals surface area (Å²) in [5.74, 6) is -0.181. The Labute approximate surface area is 245 Å². The maximum atomic E-state index is 13.8. The summed E-state index contributed by atoms with van der Waals surface area (Å²) in [6.45, 7) is 2.64. The zero-order chi connectivity index (χ0) is 31.5. The monoisotopic (exact) mass is 656 g/mol. The molecular weight excluding hydrogens is 630 g/mol. The van der Waals surface area contributed by atoms with E-state index in [9.17, 15) is 29.0 Å². The average Bonchev–Trinajstić information content (AvgIpc) is 3.72. The lowest BCUT2D eigenvalue weighted by Gasteiger charge is -2.26. The first-order valence-corrected chi connectivity index (χ1v) is 15.6. The zero-order valence-corrected chi connectivity index (χ0v) is 24.2. The SMILES string of the molecule is C=C1[C@@H](P(=O)(O)OC[C@H]2O[C@@H](n3cnc4c(N)ncnc43)[C@H](O)[C@@H]2O)[C@H](n2cnc3c(=O)[nH]c(N)nc32)O[C@@H]1CO[PH](=O)O. The van der Waals surface area contributed by atoms with E-state index < -0.39 is 77.2 Å². The topological polar surface area (TPSA) is 311 Å². The van der Waals surface area contributed by atoms with Gasteiger partial charge < -0.3 is 50.0 Å². The molecule has 0 aromatic carbocycles.